The van der Waals surface area contributed by atoms with Crippen molar-refractivity contribution in [2.45, 2.75) is 57.8 Å². The summed E-state index contributed by atoms with van der Waals surface area (Å²) in [6, 6.07) is 0. The van der Waals surface area contributed by atoms with Crippen LogP contribution in [0.4, 0.5) is 0 Å². The van der Waals surface area contributed by atoms with Crippen LogP contribution in [0, 0.1) is 5.92 Å². The highest BCUT2D eigenvalue weighted by Crippen LogP contribution is 2.31. The topological polar surface area (TPSA) is 17.1 Å². The minimum absolute atomic E-state index is 0.455. The molecular weight excluding hydrogens is 172 g/mol. The molecule has 2 rings (SSSR count). The lowest BCUT2D eigenvalue weighted by Crippen LogP contribution is -2.16. The molecule has 1 heteroatoms. The van der Waals surface area contributed by atoms with Crippen LogP contribution in [0.2, 0.25) is 0 Å². The van der Waals surface area contributed by atoms with E-state index < -0.39 is 0 Å². The van der Waals surface area contributed by atoms with E-state index in [0.717, 1.165) is 30.8 Å². The van der Waals surface area contributed by atoms with Crippen molar-refractivity contribution < 1.29 is 4.79 Å². The largest absolute Gasteiger partial charge is 0.295 e. The summed E-state index contributed by atoms with van der Waals surface area (Å²) in [7, 11) is 0. The maximum absolute atomic E-state index is 11.9. The number of ketones is 1. The molecule has 2 aliphatic carbocycles. The zero-order valence-electron chi connectivity index (χ0n) is 8.93. The molecule has 78 valence electrons. The molecule has 0 aromatic rings. The molecule has 0 amide bonds. The molecule has 0 aliphatic heterocycles. The molecular formula is C13H20O. The van der Waals surface area contributed by atoms with E-state index in [-0.39, 0.29) is 0 Å². The minimum atomic E-state index is 0.455. The Hall–Kier alpha value is -0.590. The molecule has 1 nitrogen and oxygen atoms in total. The molecule has 0 unspecified atom stereocenters. The second-order valence-corrected chi connectivity index (χ2v) is 4.75. The fraction of sp³-hybridized carbons (Fsp3) is 0.769. The van der Waals surface area contributed by atoms with E-state index in [0.29, 0.717) is 5.78 Å². The molecule has 0 N–H and O–H groups in total. The van der Waals surface area contributed by atoms with E-state index in [1.165, 1.54) is 38.5 Å². The molecule has 0 atom stereocenters. The van der Waals surface area contributed by atoms with Crippen LogP contribution in [0.3, 0.4) is 0 Å². The van der Waals surface area contributed by atoms with Crippen molar-refractivity contribution in [3.63, 3.8) is 0 Å². The molecule has 1 fully saturated rings. The average molecular weight is 192 g/mol. The van der Waals surface area contributed by atoms with Gasteiger partial charge in [-0.2, -0.15) is 0 Å². The van der Waals surface area contributed by atoms with E-state index in [1.807, 2.05) is 0 Å². The quantitative estimate of drug-likeness (QED) is 0.667. The van der Waals surface area contributed by atoms with Gasteiger partial charge in [-0.15, -0.1) is 0 Å². The van der Waals surface area contributed by atoms with Crippen molar-refractivity contribution in [2.24, 2.45) is 5.92 Å². The monoisotopic (exact) mass is 192 g/mol. The van der Waals surface area contributed by atoms with Gasteiger partial charge in [-0.25, -0.2) is 0 Å². The Kier molecular flexibility index (Phi) is 3.39. The highest BCUT2D eigenvalue weighted by molar-refractivity contribution is 5.95. The maximum Gasteiger partial charge on any atom is 0.158 e. The van der Waals surface area contributed by atoms with E-state index in [2.05, 4.69) is 6.08 Å². The Morgan fingerprint density at radius 2 is 2.07 bits per heavy atom. The number of allylic oxidation sites excluding steroid dienone is 2. The van der Waals surface area contributed by atoms with Crippen molar-refractivity contribution in [2.75, 3.05) is 0 Å². The van der Waals surface area contributed by atoms with Crippen molar-refractivity contribution in [3.8, 4) is 0 Å². The molecule has 0 heterocycles. The lowest BCUT2D eigenvalue weighted by atomic mass is 9.80. The van der Waals surface area contributed by atoms with E-state index in [4.69, 9.17) is 0 Å². The molecule has 0 aromatic carbocycles. The van der Waals surface area contributed by atoms with Gasteiger partial charge >= 0.3 is 0 Å². The SMILES string of the molecule is O=C(CC1CCC1)C1=CCCCCC1. The van der Waals surface area contributed by atoms with Crippen molar-refractivity contribution >= 4 is 5.78 Å². The second-order valence-electron chi connectivity index (χ2n) is 4.75. The first kappa shape index (κ1) is 9.95. The summed E-state index contributed by atoms with van der Waals surface area (Å²) in [5, 5.41) is 0. The molecule has 0 radical (unpaired) electrons. The first-order valence-electron chi connectivity index (χ1n) is 6.08. The van der Waals surface area contributed by atoms with Crippen LogP contribution in [0.25, 0.3) is 0 Å². The highest BCUT2D eigenvalue weighted by Gasteiger charge is 2.22. The summed E-state index contributed by atoms with van der Waals surface area (Å²) in [5.41, 5.74) is 1.15. The fourth-order valence-corrected chi connectivity index (χ4v) is 2.36. The zero-order chi connectivity index (χ0) is 9.80. The highest BCUT2D eigenvalue weighted by atomic mass is 16.1. The lowest BCUT2D eigenvalue weighted by molar-refractivity contribution is -0.117. The Bertz CT molecular complexity index is 236. The van der Waals surface area contributed by atoms with Gasteiger partial charge < -0.3 is 0 Å². The van der Waals surface area contributed by atoms with Gasteiger partial charge in [0.2, 0.25) is 0 Å². The molecule has 1 saturated carbocycles. The van der Waals surface area contributed by atoms with Gasteiger partial charge in [0, 0.05) is 6.42 Å². The van der Waals surface area contributed by atoms with E-state index in [1.54, 1.807) is 0 Å². The Morgan fingerprint density at radius 1 is 1.21 bits per heavy atom. The third-order valence-corrected chi connectivity index (χ3v) is 3.60. The normalized spacial score (nSPS) is 23.6. The van der Waals surface area contributed by atoms with Crippen molar-refractivity contribution in [3.05, 3.63) is 11.6 Å². The van der Waals surface area contributed by atoms with Gasteiger partial charge in [-0.1, -0.05) is 31.8 Å². The van der Waals surface area contributed by atoms with Gasteiger partial charge in [-0.3, -0.25) is 4.79 Å². The lowest BCUT2D eigenvalue weighted by Gasteiger charge is -2.24. The number of carbonyl (C=O) groups excluding carboxylic acids is 1. The standard InChI is InChI=1S/C13H20O/c14-13(10-11-6-5-7-11)12-8-3-1-2-4-9-12/h8,11H,1-7,9-10H2. The molecule has 2 aliphatic rings. The van der Waals surface area contributed by atoms with Gasteiger partial charge in [0.05, 0.1) is 0 Å². The first-order valence-corrected chi connectivity index (χ1v) is 6.08. The van der Waals surface area contributed by atoms with Crippen LogP contribution in [-0.2, 0) is 4.79 Å². The van der Waals surface area contributed by atoms with E-state index in [9.17, 15) is 4.79 Å². The van der Waals surface area contributed by atoms with Gasteiger partial charge in [0.25, 0.3) is 0 Å². The molecule has 14 heavy (non-hydrogen) atoms. The number of rotatable bonds is 3. The van der Waals surface area contributed by atoms with Crippen molar-refractivity contribution in [1.82, 2.24) is 0 Å². The number of carbonyl (C=O) groups is 1. The van der Waals surface area contributed by atoms with Gasteiger partial charge in [-0.05, 0) is 37.2 Å². The molecule has 0 aromatic heterocycles. The molecule has 0 bridgehead atoms. The third kappa shape index (κ3) is 2.46. The zero-order valence-corrected chi connectivity index (χ0v) is 8.93. The van der Waals surface area contributed by atoms with Crippen molar-refractivity contribution in [1.29, 1.82) is 0 Å². The summed E-state index contributed by atoms with van der Waals surface area (Å²) in [6.45, 7) is 0. The minimum Gasteiger partial charge on any atom is -0.295 e. The second kappa shape index (κ2) is 4.77. The molecule has 0 spiro atoms. The van der Waals surface area contributed by atoms with Crippen LogP contribution in [0.15, 0.2) is 11.6 Å². The maximum atomic E-state index is 11.9. The third-order valence-electron chi connectivity index (χ3n) is 3.60. The number of hydrogen-bond acceptors (Lipinski definition) is 1. The molecule has 0 saturated heterocycles. The predicted octanol–water partition coefficient (Wildman–Crippen LogP) is 3.64. The fourth-order valence-electron chi connectivity index (χ4n) is 2.36. The van der Waals surface area contributed by atoms with Gasteiger partial charge in [0.1, 0.15) is 0 Å². The summed E-state index contributed by atoms with van der Waals surface area (Å²) < 4.78 is 0. The Morgan fingerprint density at radius 3 is 2.79 bits per heavy atom. The summed E-state index contributed by atoms with van der Waals surface area (Å²) >= 11 is 0. The predicted molar refractivity (Wildman–Crippen MR) is 58.1 cm³/mol. The number of Topliss-reactive ketones (excluding diaryl/α,β-unsaturated/α-hetero) is 1. The van der Waals surface area contributed by atoms with Crippen LogP contribution < -0.4 is 0 Å². The first-order chi connectivity index (χ1) is 6.86. The summed E-state index contributed by atoms with van der Waals surface area (Å²) in [4.78, 5) is 11.9. The Balaban J connectivity index is 1.85. The van der Waals surface area contributed by atoms with Crippen LogP contribution in [0.5, 0.6) is 0 Å². The van der Waals surface area contributed by atoms with E-state index >= 15 is 0 Å². The van der Waals surface area contributed by atoms with Gasteiger partial charge in [0.15, 0.2) is 5.78 Å². The van der Waals surface area contributed by atoms with Crippen LogP contribution in [0.1, 0.15) is 57.8 Å². The summed E-state index contributed by atoms with van der Waals surface area (Å²) in [6.07, 6.45) is 12.9. The van der Waals surface area contributed by atoms with Crippen LogP contribution in [-0.4, -0.2) is 5.78 Å². The van der Waals surface area contributed by atoms with Crippen LogP contribution >= 0.6 is 0 Å². The summed E-state index contributed by atoms with van der Waals surface area (Å²) in [5.74, 6) is 1.18. The Labute approximate surface area is 86.6 Å². The smallest absolute Gasteiger partial charge is 0.158 e. The average Bonchev–Trinajstić information content (AvgIpc) is 2.38. The number of hydrogen-bond donors (Lipinski definition) is 0.